The van der Waals surface area contributed by atoms with Gasteiger partial charge in [0.2, 0.25) is 10.0 Å². The van der Waals surface area contributed by atoms with Gasteiger partial charge in [-0.3, -0.25) is 20.4 Å². The van der Waals surface area contributed by atoms with Crippen LogP contribution < -0.4 is 20.7 Å². The smallest absolute Gasteiger partial charge is 0.271 e. The predicted molar refractivity (Wildman–Crippen MR) is 126 cm³/mol. The fourth-order valence-corrected chi connectivity index (χ4v) is 4.26. The van der Waals surface area contributed by atoms with Crippen molar-refractivity contribution in [1.82, 2.24) is 15.2 Å². The number of nitrogens with zero attached hydrogens (tertiary/aromatic N) is 3. The van der Waals surface area contributed by atoms with E-state index in [9.17, 15) is 18.0 Å². The number of ether oxygens (including phenoxy) is 1. The van der Waals surface area contributed by atoms with Crippen molar-refractivity contribution in [2.75, 3.05) is 64.3 Å². The van der Waals surface area contributed by atoms with Crippen LogP contribution in [0.1, 0.15) is 20.7 Å². The number of carbonyl (C=O) groups is 2. The van der Waals surface area contributed by atoms with Crippen LogP contribution in [-0.4, -0.2) is 79.0 Å². The van der Waals surface area contributed by atoms with Crippen molar-refractivity contribution in [1.29, 1.82) is 0 Å². The number of rotatable bonds is 6. The topological polar surface area (TPSA) is 111 Å². The Kier molecular flexibility index (Phi) is 7.57. The molecule has 0 atom stereocenters. The van der Waals surface area contributed by atoms with Gasteiger partial charge in [0.25, 0.3) is 11.8 Å². The Hall–Kier alpha value is -3.15. The van der Waals surface area contributed by atoms with E-state index in [-0.39, 0.29) is 10.5 Å². The van der Waals surface area contributed by atoms with Crippen molar-refractivity contribution in [3.63, 3.8) is 0 Å². The lowest BCUT2D eigenvalue weighted by molar-refractivity contribution is 0.0846. The van der Waals surface area contributed by atoms with E-state index in [4.69, 9.17) is 4.74 Å². The first-order valence-corrected chi connectivity index (χ1v) is 11.8. The summed E-state index contributed by atoms with van der Waals surface area (Å²) in [4.78, 5) is 29.5. The zero-order valence-corrected chi connectivity index (χ0v) is 20.0. The molecule has 10 nitrogen and oxygen atoms in total. The molecule has 0 spiro atoms. The molecule has 0 aliphatic carbocycles. The molecular formula is C22H29N5O5S. The fraction of sp³-hybridized carbons (Fsp3) is 0.364. The zero-order valence-electron chi connectivity index (χ0n) is 19.2. The highest BCUT2D eigenvalue weighted by atomic mass is 32.2. The molecule has 0 unspecified atom stereocenters. The average molecular weight is 476 g/mol. The van der Waals surface area contributed by atoms with E-state index in [0.29, 0.717) is 37.6 Å². The molecule has 0 radical (unpaired) electrons. The maximum atomic E-state index is 13.1. The monoisotopic (exact) mass is 475 g/mol. The minimum absolute atomic E-state index is 0.0142. The van der Waals surface area contributed by atoms with Crippen molar-refractivity contribution < 1.29 is 22.7 Å². The van der Waals surface area contributed by atoms with Crippen LogP contribution in [0.3, 0.4) is 0 Å². The van der Waals surface area contributed by atoms with Crippen LogP contribution in [0.5, 0.6) is 0 Å². The van der Waals surface area contributed by atoms with E-state index in [1.807, 2.05) is 30.0 Å². The van der Waals surface area contributed by atoms with Crippen LogP contribution in [0.25, 0.3) is 0 Å². The first-order chi connectivity index (χ1) is 15.6. The minimum Gasteiger partial charge on any atom is -0.378 e. The molecule has 2 N–H and O–H groups in total. The van der Waals surface area contributed by atoms with Gasteiger partial charge >= 0.3 is 0 Å². The van der Waals surface area contributed by atoms with Crippen molar-refractivity contribution in [3.05, 3.63) is 53.6 Å². The van der Waals surface area contributed by atoms with E-state index in [1.54, 1.807) is 24.3 Å². The number of anilines is 2. The molecule has 2 amide bonds. The molecular weight excluding hydrogens is 446 g/mol. The third-order valence-corrected chi connectivity index (χ3v) is 7.07. The highest BCUT2D eigenvalue weighted by molar-refractivity contribution is 7.89. The number of amides is 2. The van der Waals surface area contributed by atoms with Crippen LogP contribution in [0, 0.1) is 0 Å². The van der Waals surface area contributed by atoms with E-state index in [0.717, 1.165) is 9.99 Å². The van der Waals surface area contributed by atoms with Gasteiger partial charge in [0.1, 0.15) is 0 Å². The molecule has 0 bridgehead atoms. The Morgan fingerprint density at radius 3 is 2.24 bits per heavy atom. The molecule has 1 saturated heterocycles. The molecule has 1 heterocycles. The molecule has 2 aromatic carbocycles. The normalized spacial score (nSPS) is 14.2. The number of sulfonamides is 1. The van der Waals surface area contributed by atoms with E-state index in [2.05, 4.69) is 10.9 Å². The zero-order chi connectivity index (χ0) is 24.2. The summed E-state index contributed by atoms with van der Waals surface area (Å²) in [5, 5.41) is 0. The summed E-state index contributed by atoms with van der Waals surface area (Å²) in [6.07, 6.45) is 0. The third kappa shape index (κ3) is 5.62. The van der Waals surface area contributed by atoms with Crippen LogP contribution in [0.4, 0.5) is 11.4 Å². The van der Waals surface area contributed by atoms with Gasteiger partial charge in [-0.1, -0.05) is 6.07 Å². The number of hydrogen-bond donors (Lipinski definition) is 2. The second-order valence-corrected chi connectivity index (χ2v) is 10.1. The molecule has 1 aliphatic heterocycles. The Labute approximate surface area is 194 Å². The second kappa shape index (κ2) is 10.2. The largest absolute Gasteiger partial charge is 0.378 e. The van der Waals surface area contributed by atoms with Crippen LogP contribution in [0.2, 0.25) is 0 Å². The Morgan fingerprint density at radius 1 is 0.939 bits per heavy atom. The molecule has 33 heavy (non-hydrogen) atoms. The minimum atomic E-state index is -3.75. The van der Waals surface area contributed by atoms with Gasteiger partial charge in [-0.15, -0.1) is 0 Å². The quantitative estimate of drug-likeness (QED) is 0.598. The molecule has 11 heteroatoms. The van der Waals surface area contributed by atoms with Crippen LogP contribution >= 0.6 is 0 Å². The van der Waals surface area contributed by atoms with Gasteiger partial charge in [0.15, 0.2) is 0 Å². The SMILES string of the molecule is CN(C)c1cccc(C(=O)NNC(=O)c2cc(S(=O)(=O)N(C)C)ccc2N2CCOCC2)c1. The van der Waals surface area contributed by atoms with E-state index in [1.165, 1.54) is 26.2 Å². The average Bonchev–Trinajstić information content (AvgIpc) is 2.82. The maximum absolute atomic E-state index is 13.1. The Bertz CT molecular complexity index is 1130. The van der Waals surface area contributed by atoms with Crippen molar-refractivity contribution in [2.45, 2.75) is 4.90 Å². The summed E-state index contributed by atoms with van der Waals surface area (Å²) in [5.74, 6) is -1.11. The summed E-state index contributed by atoms with van der Waals surface area (Å²) < 4.78 is 31.7. The first-order valence-electron chi connectivity index (χ1n) is 10.4. The number of carbonyl (C=O) groups excluding carboxylic acids is 2. The van der Waals surface area contributed by atoms with Gasteiger partial charge in [0, 0.05) is 58.2 Å². The van der Waals surface area contributed by atoms with Crippen molar-refractivity contribution >= 4 is 33.2 Å². The standard InChI is InChI=1S/C22H29N5O5S/c1-25(2)17-7-5-6-16(14-17)21(28)23-24-22(29)19-15-18(33(30,31)26(3)4)8-9-20(19)27-10-12-32-13-11-27/h5-9,14-15H,10-13H2,1-4H3,(H,23,28)(H,24,29). The lowest BCUT2D eigenvalue weighted by Crippen LogP contribution is -2.43. The maximum Gasteiger partial charge on any atom is 0.271 e. The summed E-state index contributed by atoms with van der Waals surface area (Å²) in [7, 11) is 2.82. The molecule has 1 aliphatic rings. The Balaban J connectivity index is 1.86. The van der Waals surface area contributed by atoms with Crippen LogP contribution in [0.15, 0.2) is 47.4 Å². The van der Waals surface area contributed by atoms with Crippen LogP contribution in [-0.2, 0) is 14.8 Å². The summed E-state index contributed by atoms with van der Waals surface area (Å²) in [6.45, 7) is 2.11. The summed E-state index contributed by atoms with van der Waals surface area (Å²) in [5.41, 5.74) is 6.75. The lowest BCUT2D eigenvalue weighted by atomic mass is 10.1. The number of nitrogens with one attached hydrogen (secondary N) is 2. The van der Waals surface area contributed by atoms with Gasteiger partial charge in [0.05, 0.1) is 23.7 Å². The first kappa shape index (κ1) is 24.5. The Morgan fingerprint density at radius 2 is 1.61 bits per heavy atom. The lowest BCUT2D eigenvalue weighted by Gasteiger charge is -2.30. The summed E-state index contributed by atoms with van der Waals surface area (Å²) >= 11 is 0. The molecule has 178 valence electrons. The second-order valence-electron chi connectivity index (χ2n) is 7.92. The van der Waals surface area contributed by atoms with Crippen molar-refractivity contribution in [2.24, 2.45) is 0 Å². The molecule has 0 aromatic heterocycles. The number of hydrogen-bond acceptors (Lipinski definition) is 7. The fourth-order valence-electron chi connectivity index (χ4n) is 3.33. The van der Waals surface area contributed by atoms with E-state index < -0.39 is 21.8 Å². The summed E-state index contributed by atoms with van der Waals surface area (Å²) in [6, 6.07) is 11.4. The molecule has 3 rings (SSSR count). The number of benzene rings is 2. The highest BCUT2D eigenvalue weighted by Gasteiger charge is 2.24. The van der Waals surface area contributed by atoms with Gasteiger partial charge < -0.3 is 14.5 Å². The van der Waals surface area contributed by atoms with Crippen molar-refractivity contribution in [3.8, 4) is 0 Å². The van der Waals surface area contributed by atoms with Gasteiger partial charge in [-0.2, -0.15) is 0 Å². The molecule has 1 fully saturated rings. The highest BCUT2D eigenvalue weighted by Crippen LogP contribution is 2.26. The van der Waals surface area contributed by atoms with Gasteiger partial charge in [-0.25, -0.2) is 12.7 Å². The number of hydrazine groups is 1. The molecule has 2 aromatic rings. The number of morpholine rings is 1. The van der Waals surface area contributed by atoms with Gasteiger partial charge in [-0.05, 0) is 36.4 Å². The third-order valence-electron chi connectivity index (χ3n) is 5.26. The molecule has 0 saturated carbocycles. The predicted octanol–water partition coefficient (Wildman–Crippen LogP) is 0.914. The van der Waals surface area contributed by atoms with E-state index >= 15 is 0 Å².